The first kappa shape index (κ1) is 16.7. The summed E-state index contributed by atoms with van der Waals surface area (Å²) in [5.74, 6) is 2.72. The average molecular weight is 352 g/mol. The van der Waals surface area contributed by atoms with Gasteiger partial charge in [0.2, 0.25) is 0 Å². The van der Waals surface area contributed by atoms with E-state index < -0.39 is 0 Å². The van der Waals surface area contributed by atoms with Crippen molar-refractivity contribution in [2.75, 3.05) is 29.9 Å². The molecule has 0 spiro atoms. The van der Waals surface area contributed by atoms with Crippen molar-refractivity contribution in [2.24, 2.45) is 0 Å². The normalized spacial score (nSPS) is 15.3. The molecule has 0 radical (unpaired) electrons. The molecule has 0 N–H and O–H groups in total. The van der Waals surface area contributed by atoms with Gasteiger partial charge in [-0.15, -0.1) is 20.4 Å². The first-order valence-corrected chi connectivity index (χ1v) is 8.84. The molecule has 26 heavy (non-hydrogen) atoms. The lowest BCUT2D eigenvalue weighted by molar-refractivity contribution is 0.482. The maximum atomic E-state index is 4.77. The van der Waals surface area contributed by atoms with Crippen LogP contribution in [0.4, 0.5) is 11.6 Å². The third-order valence-electron chi connectivity index (χ3n) is 4.80. The van der Waals surface area contributed by atoms with Crippen molar-refractivity contribution < 1.29 is 0 Å². The zero-order valence-electron chi connectivity index (χ0n) is 15.9. The molecule has 1 saturated heterocycles. The van der Waals surface area contributed by atoms with E-state index in [-0.39, 0.29) is 5.41 Å². The van der Waals surface area contributed by atoms with Gasteiger partial charge < -0.3 is 9.80 Å². The monoisotopic (exact) mass is 352 g/mol. The summed E-state index contributed by atoms with van der Waals surface area (Å²) in [7, 11) is 2.06. The Balaban J connectivity index is 1.51. The van der Waals surface area contributed by atoms with E-state index in [9.17, 15) is 0 Å². The fourth-order valence-electron chi connectivity index (χ4n) is 3.07. The number of aryl methyl sites for hydroxylation is 1. The second kappa shape index (κ2) is 5.89. The highest BCUT2D eigenvalue weighted by Gasteiger charge is 2.32. The number of anilines is 2. The van der Waals surface area contributed by atoms with Crippen molar-refractivity contribution in [1.82, 2.24) is 30.0 Å². The van der Waals surface area contributed by atoms with Crippen LogP contribution in [0.5, 0.6) is 0 Å². The summed E-state index contributed by atoms with van der Waals surface area (Å²) < 4.78 is 1.86. The van der Waals surface area contributed by atoms with Gasteiger partial charge in [-0.25, -0.2) is 0 Å². The molecule has 136 valence electrons. The Kier molecular flexibility index (Phi) is 3.78. The molecular weight excluding hydrogens is 328 g/mol. The molecule has 8 nitrogen and oxygen atoms in total. The molecule has 0 atom stereocenters. The predicted molar refractivity (Wildman–Crippen MR) is 101 cm³/mol. The van der Waals surface area contributed by atoms with Crippen LogP contribution in [0.25, 0.3) is 5.65 Å². The minimum absolute atomic E-state index is 0.104. The Morgan fingerprint density at radius 1 is 1.00 bits per heavy atom. The second-order valence-electron chi connectivity index (χ2n) is 7.94. The number of hydrogen-bond donors (Lipinski definition) is 0. The van der Waals surface area contributed by atoms with E-state index in [1.807, 2.05) is 35.7 Å². The van der Waals surface area contributed by atoms with E-state index in [0.717, 1.165) is 41.9 Å². The molecular formula is C18H24N8. The van der Waals surface area contributed by atoms with Crippen LogP contribution < -0.4 is 9.80 Å². The Hall–Kier alpha value is -2.77. The number of hydrogen-bond acceptors (Lipinski definition) is 7. The van der Waals surface area contributed by atoms with E-state index in [2.05, 4.69) is 58.0 Å². The van der Waals surface area contributed by atoms with Crippen LogP contribution in [0.15, 0.2) is 24.3 Å². The van der Waals surface area contributed by atoms with E-state index in [1.165, 1.54) is 0 Å². The van der Waals surface area contributed by atoms with Gasteiger partial charge in [-0.3, -0.25) is 0 Å². The summed E-state index contributed by atoms with van der Waals surface area (Å²) in [6.07, 6.45) is 0. The number of likely N-dealkylation sites (N-methyl/N-ethyl adjacent to an activating group) is 1. The van der Waals surface area contributed by atoms with E-state index >= 15 is 0 Å². The molecule has 0 amide bonds. The van der Waals surface area contributed by atoms with Crippen molar-refractivity contribution >= 4 is 17.3 Å². The number of rotatable bonds is 3. The van der Waals surface area contributed by atoms with Gasteiger partial charge >= 0.3 is 0 Å². The molecule has 0 saturated carbocycles. The molecule has 3 aromatic heterocycles. The molecule has 0 bridgehead atoms. The average Bonchev–Trinajstić information content (AvgIpc) is 2.97. The van der Waals surface area contributed by atoms with Gasteiger partial charge in [0, 0.05) is 25.6 Å². The zero-order chi connectivity index (χ0) is 18.5. The SMILES string of the molecule is Cc1ccc(N(C)C2CN(c3ccc4nnc(C(C)(C)C)n4n3)C2)nn1. The van der Waals surface area contributed by atoms with Gasteiger partial charge in [-0.2, -0.15) is 9.61 Å². The second-order valence-corrected chi connectivity index (χ2v) is 7.94. The van der Waals surface area contributed by atoms with Crippen molar-refractivity contribution in [1.29, 1.82) is 0 Å². The minimum Gasteiger partial charge on any atom is -0.352 e. The molecule has 1 aliphatic heterocycles. The maximum absolute atomic E-state index is 4.77. The summed E-state index contributed by atoms with van der Waals surface area (Å²) in [6.45, 7) is 10.1. The van der Waals surface area contributed by atoms with E-state index in [1.54, 1.807) is 0 Å². The summed E-state index contributed by atoms with van der Waals surface area (Å²) in [4.78, 5) is 4.44. The quantitative estimate of drug-likeness (QED) is 0.712. The van der Waals surface area contributed by atoms with Crippen molar-refractivity contribution in [3.63, 3.8) is 0 Å². The first-order chi connectivity index (χ1) is 12.3. The van der Waals surface area contributed by atoms with Crippen LogP contribution in [0.2, 0.25) is 0 Å². The maximum Gasteiger partial charge on any atom is 0.178 e. The smallest absolute Gasteiger partial charge is 0.178 e. The molecule has 3 aromatic rings. The van der Waals surface area contributed by atoms with Gasteiger partial charge in [0.1, 0.15) is 5.82 Å². The lowest BCUT2D eigenvalue weighted by atomic mass is 9.96. The van der Waals surface area contributed by atoms with Crippen LogP contribution in [0.1, 0.15) is 32.3 Å². The fraction of sp³-hybridized carbons (Fsp3) is 0.500. The lowest BCUT2D eigenvalue weighted by Crippen LogP contribution is -2.59. The summed E-state index contributed by atoms with van der Waals surface area (Å²) in [5, 5.41) is 21.7. The van der Waals surface area contributed by atoms with Gasteiger partial charge in [0.25, 0.3) is 0 Å². The zero-order valence-corrected chi connectivity index (χ0v) is 15.9. The molecule has 0 unspecified atom stereocenters. The predicted octanol–water partition coefficient (Wildman–Crippen LogP) is 1.85. The number of fused-ring (bicyclic) bond motifs is 1. The van der Waals surface area contributed by atoms with E-state index in [4.69, 9.17) is 5.10 Å². The van der Waals surface area contributed by atoms with Crippen LogP contribution in [-0.2, 0) is 5.41 Å². The van der Waals surface area contributed by atoms with Gasteiger partial charge in [0.15, 0.2) is 17.3 Å². The number of aromatic nitrogens is 6. The third-order valence-corrected chi connectivity index (χ3v) is 4.80. The third kappa shape index (κ3) is 2.85. The van der Waals surface area contributed by atoms with Gasteiger partial charge in [-0.1, -0.05) is 20.8 Å². The van der Waals surface area contributed by atoms with Crippen molar-refractivity contribution in [3.8, 4) is 0 Å². The Bertz CT molecular complexity index is 919. The highest BCUT2D eigenvalue weighted by Crippen LogP contribution is 2.26. The summed E-state index contributed by atoms with van der Waals surface area (Å²) >= 11 is 0. The highest BCUT2D eigenvalue weighted by molar-refractivity contribution is 5.50. The molecule has 4 rings (SSSR count). The Morgan fingerprint density at radius 2 is 1.77 bits per heavy atom. The summed E-state index contributed by atoms with van der Waals surface area (Å²) in [5.41, 5.74) is 1.61. The van der Waals surface area contributed by atoms with Crippen LogP contribution >= 0.6 is 0 Å². The topological polar surface area (TPSA) is 75.3 Å². The Morgan fingerprint density at radius 3 is 2.42 bits per heavy atom. The first-order valence-electron chi connectivity index (χ1n) is 8.84. The number of nitrogens with zero attached hydrogens (tertiary/aromatic N) is 8. The molecule has 8 heteroatoms. The van der Waals surface area contributed by atoms with E-state index in [0.29, 0.717) is 6.04 Å². The van der Waals surface area contributed by atoms with Crippen molar-refractivity contribution in [2.45, 2.75) is 39.2 Å². The summed E-state index contributed by atoms with van der Waals surface area (Å²) in [6, 6.07) is 8.39. The molecule has 0 aromatic carbocycles. The van der Waals surface area contributed by atoms with Gasteiger partial charge in [0.05, 0.1) is 11.7 Å². The fourth-order valence-corrected chi connectivity index (χ4v) is 3.07. The molecule has 1 aliphatic rings. The Labute approximate surface area is 152 Å². The highest BCUT2D eigenvalue weighted by atomic mass is 15.4. The standard InChI is InChI=1S/C18H24N8/c1-12-6-7-14(20-19-12)24(5)13-10-25(11-13)16-9-8-15-21-22-17(18(2,3)4)26(15)23-16/h6-9,13H,10-11H2,1-5H3. The van der Waals surface area contributed by atoms with Crippen LogP contribution in [0, 0.1) is 6.92 Å². The minimum atomic E-state index is -0.104. The lowest BCUT2D eigenvalue weighted by Gasteiger charge is -2.44. The molecule has 0 aliphatic carbocycles. The van der Waals surface area contributed by atoms with Gasteiger partial charge in [-0.05, 0) is 31.2 Å². The van der Waals surface area contributed by atoms with Crippen LogP contribution in [0.3, 0.4) is 0 Å². The van der Waals surface area contributed by atoms with Crippen molar-refractivity contribution in [3.05, 3.63) is 35.8 Å². The largest absolute Gasteiger partial charge is 0.352 e. The molecule has 4 heterocycles. The molecule has 1 fully saturated rings. The van der Waals surface area contributed by atoms with Crippen LogP contribution in [-0.4, -0.2) is 56.2 Å².